The van der Waals surface area contributed by atoms with Gasteiger partial charge in [-0.2, -0.15) is 13.2 Å². The molecular weight excluding hydrogens is 701 g/mol. The molecule has 288 valence electrons. The van der Waals surface area contributed by atoms with E-state index in [0.29, 0.717) is 64.3 Å². The number of fused-ring (bicyclic) bond motifs is 1. The number of carbonyl (C=O) groups is 4. The molecule has 3 aromatic rings. The molecule has 0 aromatic heterocycles. The summed E-state index contributed by atoms with van der Waals surface area (Å²) >= 11 is 0. The Morgan fingerprint density at radius 1 is 0.870 bits per heavy atom. The zero-order valence-corrected chi connectivity index (χ0v) is 30.7. The first-order chi connectivity index (χ1) is 25.9. The van der Waals surface area contributed by atoms with Crippen LogP contribution in [0, 0.1) is 0 Å². The molecule has 3 aromatic carbocycles. The highest BCUT2D eigenvalue weighted by atomic mass is 19.4. The minimum absolute atomic E-state index is 0.00520. The Hall–Kier alpha value is -5.11. The maximum absolute atomic E-state index is 14.1. The maximum Gasteiger partial charge on any atom is 0.454 e. The smallest absolute Gasteiger partial charge is 0.368 e. The van der Waals surface area contributed by atoms with Gasteiger partial charge in [-0.25, -0.2) is 9.59 Å². The van der Waals surface area contributed by atoms with Crippen molar-refractivity contribution in [2.24, 2.45) is 0 Å². The number of hydroxylamine groups is 2. The molecule has 6 rings (SSSR count). The molecule has 3 heterocycles. The molecule has 0 aliphatic carbocycles. The predicted molar refractivity (Wildman–Crippen MR) is 198 cm³/mol. The quantitative estimate of drug-likeness (QED) is 0.244. The maximum atomic E-state index is 14.1. The molecule has 3 aliphatic heterocycles. The van der Waals surface area contributed by atoms with E-state index in [2.05, 4.69) is 36.6 Å². The number of urea groups is 1. The second-order valence-corrected chi connectivity index (χ2v) is 14.0. The zero-order chi connectivity index (χ0) is 38.4. The molecule has 2 fully saturated rings. The summed E-state index contributed by atoms with van der Waals surface area (Å²) in [6.45, 7) is 7.12. The molecule has 2 N–H and O–H groups in total. The van der Waals surface area contributed by atoms with Gasteiger partial charge >= 0.3 is 18.3 Å². The number of rotatable bonds is 10. The molecule has 1 atom stereocenters. The van der Waals surface area contributed by atoms with E-state index in [0.717, 1.165) is 48.2 Å². The van der Waals surface area contributed by atoms with Crippen LogP contribution >= 0.6 is 0 Å². The Morgan fingerprint density at radius 2 is 1.56 bits per heavy atom. The number of ketones is 1. The molecule has 0 saturated carbocycles. The third-order valence-electron chi connectivity index (χ3n) is 10.6. The monoisotopic (exact) mass is 748 g/mol. The van der Waals surface area contributed by atoms with E-state index in [-0.39, 0.29) is 24.4 Å². The van der Waals surface area contributed by atoms with Gasteiger partial charge in [-0.05, 0) is 84.7 Å². The molecule has 54 heavy (non-hydrogen) atoms. The largest absolute Gasteiger partial charge is 0.454 e. The second-order valence-electron chi connectivity index (χ2n) is 14.0. The lowest BCUT2D eigenvalue weighted by Crippen LogP contribution is -2.56. The van der Waals surface area contributed by atoms with E-state index in [4.69, 9.17) is 4.84 Å². The Balaban J connectivity index is 1.07. The first-order valence-corrected chi connectivity index (χ1v) is 18.7. The summed E-state index contributed by atoms with van der Waals surface area (Å²) < 4.78 is 38.6. The zero-order valence-electron chi connectivity index (χ0n) is 30.7. The number of Topliss-reactive ketones (excluding diaryl/α,β-unsaturated/α-hetero) is 1. The number of nitrogens with one attached hydrogen (secondary N) is 2. The Labute approximate surface area is 313 Å². The molecule has 0 spiro atoms. The Kier molecular flexibility index (Phi) is 12.1. The van der Waals surface area contributed by atoms with Gasteiger partial charge in [0.1, 0.15) is 6.04 Å². The number of halogens is 3. The number of alkyl halides is 3. The first-order valence-electron chi connectivity index (χ1n) is 18.7. The highest BCUT2D eigenvalue weighted by Crippen LogP contribution is 2.26. The van der Waals surface area contributed by atoms with Crippen LogP contribution in [-0.2, 0) is 35.3 Å². The van der Waals surface area contributed by atoms with Gasteiger partial charge in [-0.15, -0.1) is 5.06 Å². The van der Waals surface area contributed by atoms with Crippen LogP contribution in [0.3, 0.4) is 0 Å². The van der Waals surface area contributed by atoms with Crippen molar-refractivity contribution in [2.75, 3.05) is 56.0 Å². The average molecular weight is 749 g/mol. The molecule has 3 aliphatic rings. The lowest BCUT2D eigenvalue weighted by molar-refractivity contribution is -0.136. The molecule has 0 bridgehead atoms. The third-order valence-corrected chi connectivity index (χ3v) is 10.6. The number of hydrogen-bond donors (Lipinski definition) is 2. The van der Waals surface area contributed by atoms with E-state index < -0.39 is 29.7 Å². The molecule has 2 saturated heterocycles. The SMILES string of the molecule is CCc1ccc(C[C@@H](NC(=O)ON2CCC(N3CCc4ccccc4NC3=O)CC2)C(=O)N2CCN(c3ccc(C(=O)C(F)(F)F)cc3)CC2)cc1CC. The van der Waals surface area contributed by atoms with E-state index in [1.807, 2.05) is 40.1 Å². The van der Waals surface area contributed by atoms with Crippen LogP contribution in [0.5, 0.6) is 0 Å². The van der Waals surface area contributed by atoms with Crippen LogP contribution < -0.4 is 15.5 Å². The van der Waals surface area contributed by atoms with Gasteiger partial charge in [-0.1, -0.05) is 50.2 Å². The average Bonchev–Trinajstić information content (AvgIpc) is 3.35. The van der Waals surface area contributed by atoms with E-state index >= 15 is 0 Å². The van der Waals surface area contributed by atoms with Crippen molar-refractivity contribution in [3.63, 3.8) is 0 Å². The molecule has 11 nitrogen and oxygen atoms in total. The molecule has 14 heteroatoms. The summed E-state index contributed by atoms with van der Waals surface area (Å²) in [7, 11) is 0. The number of anilines is 2. The van der Waals surface area contributed by atoms with Crippen molar-refractivity contribution in [3.8, 4) is 0 Å². The van der Waals surface area contributed by atoms with Crippen LogP contribution in [0.1, 0.15) is 59.3 Å². The van der Waals surface area contributed by atoms with Crippen molar-refractivity contribution in [1.82, 2.24) is 20.2 Å². The van der Waals surface area contributed by atoms with Gasteiger partial charge in [0.2, 0.25) is 5.91 Å². The molecule has 0 radical (unpaired) electrons. The predicted octanol–water partition coefficient (Wildman–Crippen LogP) is 6.01. The fourth-order valence-electron chi connectivity index (χ4n) is 7.58. The Bertz CT molecular complexity index is 1820. The summed E-state index contributed by atoms with van der Waals surface area (Å²) in [5.41, 5.74) is 5.47. The summed E-state index contributed by atoms with van der Waals surface area (Å²) in [4.78, 5) is 63.3. The highest BCUT2D eigenvalue weighted by molar-refractivity contribution is 6.00. The van der Waals surface area contributed by atoms with E-state index in [1.165, 1.54) is 23.3 Å². The van der Waals surface area contributed by atoms with Crippen molar-refractivity contribution < 1.29 is 37.2 Å². The summed E-state index contributed by atoms with van der Waals surface area (Å²) in [6, 6.07) is 18.2. The van der Waals surface area contributed by atoms with Crippen LogP contribution in [0.2, 0.25) is 0 Å². The minimum Gasteiger partial charge on any atom is -0.368 e. The highest BCUT2D eigenvalue weighted by Gasteiger charge is 2.39. The van der Waals surface area contributed by atoms with Crippen LogP contribution in [0.25, 0.3) is 0 Å². The molecular formula is C40H47F3N6O5. The van der Waals surface area contributed by atoms with Gasteiger partial charge in [0, 0.05) is 75.2 Å². The minimum atomic E-state index is -4.95. The van der Waals surface area contributed by atoms with Gasteiger partial charge in [0.25, 0.3) is 5.78 Å². The Morgan fingerprint density at radius 3 is 2.22 bits per heavy atom. The van der Waals surface area contributed by atoms with Gasteiger partial charge < -0.3 is 30.2 Å². The summed E-state index contributed by atoms with van der Waals surface area (Å²) in [5, 5.41) is 7.44. The van der Waals surface area contributed by atoms with Gasteiger partial charge in [0.15, 0.2) is 0 Å². The normalized spacial score (nSPS) is 17.6. The molecule has 0 unspecified atom stereocenters. The van der Waals surface area contributed by atoms with Gasteiger partial charge in [0.05, 0.1) is 0 Å². The van der Waals surface area contributed by atoms with Crippen molar-refractivity contribution in [2.45, 2.75) is 70.6 Å². The number of piperazine rings is 1. The van der Waals surface area contributed by atoms with Crippen molar-refractivity contribution in [1.29, 1.82) is 0 Å². The number of nitrogens with zero attached hydrogens (tertiary/aromatic N) is 4. The number of para-hydroxylation sites is 1. The van der Waals surface area contributed by atoms with Crippen molar-refractivity contribution >= 4 is 35.2 Å². The fraction of sp³-hybridized carbons (Fsp3) is 0.450. The van der Waals surface area contributed by atoms with Gasteiger partial charge in [-0.3, -0.25) is 9.59 Å². The number of aryl methyl sites for hydroxylation is 2. The number of hydrogen-bond acceptors (Lipinski definition) is 7. The summed E-state index contributed by atoms with van der Waals surface area (Å²) in [6.07, 6.45) is -1.72. The third kappa shape index (κ3) is 9.15. The second kappa shape index (κ2) is 16.9. The fourth-order valence-corrected chi connectivity index (χ4v) is 7.58. The lowest BCUT2D eigenvalue weighted by atomic mass is 9.96. The van der Waals surface area contributed by atoms with Crippen LogP contribution in [0.15, 0.2) is 66.7 Å². The van der Waals surface area contributed by atoms with Crippen molar-refractivity contribution in [3.05, 3.63) is 94.5 Å². The lowest BCUT2D eigenvalue weighted by Gasteiger charge is -2.38. The van der Waals surface area contributed by atoms with Crippen LogP contribution in [0.4, 0.5) is 34.1 Å². The number of piperidine rings is 1. The van der Waals surface area contributed by atoms with E-state index in [9.17, 15) is 32.3 Å². The summed E-state index contributed by atoms with van der Waals surface area (Å²) in [5.74, 6) is -2.16. The molecule has 4 amide bonds. The number of amides is 4. The standard InChI is InChI=1S/C40H47F3N6O5/c1-3-28-10-9-27(25-29(28)4-2)26-35(37(51)47-23-21-46(22-24-47)32-13-11-31(12-14-32)36(50)40(41,42)43)45-39(53)54-48-18-16-33(17-19-48)49-20-15-30-7-5-6-8-34(30)44-38(49)52/h5-14,25,33,35H,3-4,15-24,26H2,1-2H3,(H,44,52)(H,45,53)/t35-/m1/s1. The van der Waals surface area contributed by atoms with E-state index in [1.54, 1.807) is 9.96 Å². The van der Waals surface area contributed by atoms with Crippen LogP contribution in [-0.4, -0.2) is 103 Å². The number of carbonyl (C=O) groups excluding carboxylic acids is 4. The number of benzene rings is 3. The first kappa shape index (κ1) is 38.6. The topological polar surface area (TPSA) is 115 Å².